The van der Waals surface area contributed by atoms with Gasteiger partial charge in [-0.05, 0) is 30.7 Å². The van der Waals surface area contributed by atoms with Gasteiger partial charge in [0.2, 0.25) is 5.91 Å². The van der Waals surface area contributed by atoms with Crippen molar-refractivity contribution in [2.24, 2.45) is 11.3 Å². The van der Waals surface area contributed by atoms with Gasteiger partial charge in [-0.1, -0.05) is 30.3 Å². The molecule has 96 valence electrons. The van der Waals surface area contributed by atoms with E-state index in [0.29, 0.717) is 18.4 Å². The first-order valence-electron chi connectivity index (χ1n) is 6.70. The van der Waals surface area contributed by atoms with Gasteiger partial charge in [-0.3, -0.25) is 4.79 Å². The van der Waals surface area contributed by atoms with Crippen molar-refractivity contribution in [3.05, 3.63) is 35.9 Å². The fourth-order valence-corrected chi connectivity index (χ4v) is 3.23. The maximum atomic E-state index is 12.4. The molecule has 1 aromatic rings. The molecular weight excluding hydrogens is 226 g/mol. The molecule has 1 N–H and O–H groups in total. The summed E-state index contributed by atoms with van der Waals surface area (Å²) in [5.41, 5.74) is 1.09. The Balaban J connectivity index is 1.73. The van der Waals surface area contributed by atoms with Gasteiger partial charge in [0.25, 0.3) is 0 Å². The molecule has 1 aromatic carbocycles. The number of rotatable bonds is 4. The van der Waals surface area contributed by atoms with Crippen LogP contribution in [0.25, 0.3) is 0 Å². The Bertz CT molecular complexity index is 439. The number of hydrogen-bond acceptors (Lipinski definition) is 2. The van der Waals surface area contributed by atoms with E-state index in [-0.39, 0.29) is 12.0 Å². The largest absolute Gasteiger partial charge is 0.396 e. The molecule has 2 fully saturated rings. The third-order valence-electron chi connectivity index (χ3n) is 4.42. The highest BCUT2D eigenvalue weighted by molar-refractivity contribution is 5.88. The molecular formula is C15H19NO2. The predicted octanol–water partition coefficient (Wildman–Crippen LogP) is 1.81. The van der Waals surface area contributed by atoms with Crippen LogP contribution in [-0.2, 0) is 11.3 Å². The minimum absolute atomic E-state index is 0.0997. The Morgan fingerprint density at radius 2 is 2.00 bits per heavy atom. The molecule has 1 heterocycles. The molecule has 1 unspecified atom stereocenters. The third-order valence-corrected chi connectivity index (χ3v) is 4.42. The van der Waals surface area contributed by atoms with Crippen molar-refractivity contribution < 1.29 is 9.90 Å². The Morgan fingerprint density at radius 1 is 1.28 bits per heavy atom. The van der Waals surface area contributed by atoms with Crippen molar-refractivity contribution in [3.8, 4) is 0 Å². The Hall–Kier alpha value is -1.35. The summed E-state index contributed by atoms with van der Waals surface area (Å²) in [7, 11) is 0. The van der Waals surface area contributed by atoms with Crippen molar-refractivity contribution in [1.29, 1.82) is 0 Å². The number of carbonyl (C=O) groups excluding carboxylic acids is 1. The first-order valence-corrected chi connectivity index (χ1v) is 6.70. The molecule has 1 amide bonds. The first-order chi connectivity index (χ1) is 8.76. The first kappa shape index (κ1) is 11.7. The highest BCUT2D eigenvalue weighted by atomic mass is 16.3. The van der Waals surface area contributed by atoms with E-state index in [4.69, 9.17) is 5.11 Å². The molecule has 3 rings (SSSR count). The van der Waals surface area contributed by atoms with Crippen molar-refractivity contribution in [1.82, 2.24) is 4.90 Å². The molecule has 2 aliphatic rings. The van der Waals surface area contributed by atoms with Gasteiger partial charge >= 0.3 is 0 Å². The molecule has 3 heteroatoms. The molecule has 1 saturated carbocycles. The normalized spacial score (nSPS) is 24.8. The average molecular weight is 245 g/mol. The molecule has 0 radical (unpaired) electrons. The van der Waals surface area contributed by atoms with Crippen LogP contribution in [0, 0.1) is 11.3 Å². The Kier molecular flexibility index (Phi) is 2.86. The maximum absolute atomic E-state index is 12.4. The minimum atomic E-state index is -0.0997. The summed E-state index contributed by atoms with van der Waals surface area (Å²) in [6.07, 6.45) is 2.79. The summed E-state index contributed by atoms with van der Waals surface area (Å²) >= 11 is 0. The molecule has 0 bridgehead atoms. The lowest BCUT2D eigenvalue weighted by molar-refractivity contribution is -0.132. The van der Waals surface area contributed by atoms with Crippen molar-refractivity contribution in [2.45, 2.75) is 25.8 Å². The van der Waals surface area contributed by atoms with Gasteiger partial charge in [0.1, 0.15) is 0 Å². The van der Waals surface area contributed by atoms with Crippen LogP contribution >= 0.6 is 0 Å². The molecule has 1 aliphatic heterocycles. The second kappa shape index (κ2) is 4.39. The molecule has 1 spiro atoms. The summed E-state index contributed by atoms with van der Waals surface area (Å²) in [5.74, 6) is 0.670. The number of benzene rings is 1. The van der Waals surface area contributed by atoms with Gasteiger partial charge in [-0.25, -0.2) is 0 Å². The zero-order chi connectivity index (χ0) is 12.6. The molecule has 1 atom stereocenters. The number of hydrogen-bond donors (Lipinski definition) is 1. The number of likely N-dealkylation sites (tertiary alicyclic amines) is 1. The van der Waals surface area contributed by atoms with Crippen LogP contribution in [0.15, 0.2) is 30.3 Å². The van der Waals surface area contributed by atoms with Gasteiger partial charge < -0.3 is 10.0 Å². The van der Waals surface area contributed by atoms with E-state index < -0.39 is 0 Å². The molecule has 3 nitrogen and oxygen atoms in total. The standard InChI is InChI=1S/C15H19NO2/c17-9-6-13-11-16(14(18)15(13)7-8-15)10-12-4-2-1-3-5-12/h1-5,13,17H,6-11H2. The Labute approximate surface area is 107 Å². The van der Waals surface area contributed by atoms with Gasteiger partial charge in [0.05, 0.1) is 5.41 Å². The SMILES string of the molecule is O=C1N(Cc2ccccc2)CC(CCO)C12CC2. The van der Waals surface area contributed by atoms with E-state index in [0.717, 1.165) is 25.8 Å². The lowest BCUT2D eigenvalue weighted by Gasteiger charge is -2.16. The lowest BCUT2D eigenvalue weighted by atomic mass is 9.90. The van der Waals surface area contributed by atoms with Crippen LogP contribution in [0.4, 0.5) is 0 Å². The topological polar surface area (TPSA) is 40.5 Å². The van der Waals surface area contributed by atoms with Crippen LogP contribution in [0.2, 0.25) is 0 Å². The second-order valence-electron chi connectivity index (χ2n) is 5.54. The fourth-order valence-electron chi connectivity index (χ4n) is 3.23. The average Bonchev–Trinajstić information content (AvgIpc) is 3.15. The van der Waals surface area contributed by atoms with Gasteiger partial charge in [-0.2, -0.15) is 0 Å². The summed E-state index contributed by atoms with van der Waals surface area (Å²) in [6, 6.07) is 10.1. The van der Waals surface area contributed by atoms with Crippen LogP contribution in [-0.4, -0.2) is 29.1 Å². The van der Waals surface area contributed by atoms with E-state index in [9.17, 15) is 4.79 Å². The molecule has 18 heavy (non-hydrogen) atoms. The number of amides is 1. The summed E-state index contributed by atoms with van der Waals surface area (Å²) in [6.45, 7) is 1.72. The number of aliphatic hydroxyl groups is 1. The quantitative estimate of drug-likeness (QED) is 0.879. The molecule has 1 aliphatic carbocycles. The van der Waals surface area contributed by atoms with Crippen molar-refractivity contribution >= 4 is 5.91 Å². The van der Waals surface area contributed by atoms with E-state index in [1.807, 2.05) is 23.1 Å². The minimum Gasteiger partial charge on any atom is -0.396 e. The summed E-state index contributed by atoms with van der Waals surface area (Å²) in [4.78, 5) is 14.4. The molecule has 0 aromatic heterocycles. The zero-order valence-corrected chi connectivity index (χ0v) is 10.5. The summed E-state index contributed by atoms with van der Waals surface area (Å²) < 4.78 is 0. The molecule has 1 saturated heterocycles. The number of aliphatic hydroxyl groups excluding tert-OH is 1. The highest BCUT2D eigenvalue weighted by Crippen LogP contribution is 2.58. The van der Waals surface area contributed by atoms with E-state index in [1.54, 1.807) is 0 Å². The van der Waals surface area contributed by atoms with Crippen LogP contribution in [0.5, 0.6) is 0 Å². The number of carbonyl (C=O) groups is 1. The third kappa shape index (κ3) is 1.83. The Morgan fingerprint density at radius 3 is 2.61 bits per heavy atom. The predicted molar refractivity (Wildman–Crippen MR) is 68.7 cm³/mol. The smallest absolute Gasteiger partial charge is 0.229 e. The van der Waals surface area contributed by atoms with Gasteiger partial charge in [-0.15, -0.1) is 0 Å². The highest BCUT2D eigenvalue weighted by Gasteiger charge is 2.61. The number of nitrogens with zero attached hydrogens (tertiary/aromatic N) is 1. The van der Waals surface area contributed by atoms with Gasteiger partial charge in [0, 0.05) is 19.7 Å². The lowest BCUT2D eigenvalue weighted by Crippen LogP contribution is -2.27. The van der Waals surface area contributed by atoms with Crippen LogP contribution in [0.3, 0.4) is 0 Å². The summed E-state index contributed by atoms with van der Waals surface area (Å²) in [5, 5.41) is 9.12. The monoisotopic (exact) mass is 245 g/mol. The zero-order valence-electron chi connectivity index (χ0n) is 10.5. The van der Waals surface area contributed by atoms with Crippen molar-refractivity contribution in [2.75, 3.05) is 13.2 Å². The van der Waals surface area contributed by atoms with Crippen LogP contribution in [0.1, 0.15) is 24.8 Å². The van der Waals surface area contributed by atoms with E-state index in [1.165, 1.54) is 5.56 Å². The van der Waals surface area contributed by atoms with Crippen LogP contribution < -0.4 is 0 Å². The maximum Gasteiger partial charge on any atom is 0.229 e. The van der Waals surface area contributed by atoms with Gasteiger partial charge in [0.15, 0.2) is 0 Å². The van der Waals surface area contributed by atoms with E-state index in [2.05, 4.69) is 12.1 Å². The van der Waals surface area contributed by atoms with Crippen molar-refractivity contribution in [3.63, 3.8) is 0 Å². The second-order valence-corrected chi connectivity index (χ2v) is 5.54. The van der Waals surface area contributed by atoms with E-state index >= 15 is 0 Å². The fraction of sp³-hybridized carbons (Fsp3) is 0.533.